The molecule has 1 aliphatic heterocycles. The average molecular weight is 527 g/mol. The molecule has 0 aromatic heterocycles. The van der Waals surface area contributed by atoms with Crippen LogP contribution in [0.15, 0.2) is 42.5 Å². The second kappa shape index (κ2) is 16.5. The third kappa shape index (κ3) is 9.39. The summed E-state index contributed by atoms with van der Waals surface area (Å²) in [7, 11) is 2.98. The van der Waals surface area contributed by atoms with Gasteiger partial charge in [-0.1, -0.05) is 81.8 Å². The van der Waals surface area contributed by atoms with E-state index in [1.165, 1.54) is 32.8 Å². The molecular formula is C32H46O6. The lowest BCUT2D eigenvalue weighted by Gasteiger charge is -2.26. The van der Waals surface area contributed by atoms with E-state index in [0.717, 1.165) is 67.7 Å². The van der Waals surface area contributed by atoms with Crippen molar-refractivity contribution in [1.29, 1.82) is 0 Å². The van der Waals surface area contributed by atoms with Crippen molar-refractivity contribution in [1.82, 2.24) is 0 Å². The van der Waals surface area contributed by atoms with Gasteiger partial charge in [0, 0.05) is 13.5 Å². The van der Waals surface area contributed by atoms with E-state index in [-0.39, 0.29) is 30.3 Å². The SMILES string of the molecule is CCCCCCCC[C@@H](OC(=O)[C@H](OC)c1ccc2ccccc2c1)[C@H]1CC[C@H](CCCCC(=O)OC)O1. The molecule has 0 bridgehead atoms. The van der Waals surface area contributed by atoms with Gasteiger partial charge >= 0.3 is 11.9 Å². The van der Waals surface area contributed by atoms with Crippen molar-refractivity contribution in [3.8, 4) is 0 Å². The fourth-order valence-electron chi connectivity index (χ4n) is 5.36. The molecule has 0 aliphatic carbocycles. The molecule has 0 N–H and O–H groups in total. The summed E-state index contributed by atoms with van der Waals surface area (Å²) in [6.07, 6.45) is 11.8. The monoisotopic (exact) mass is 526 g/mol. The Kier molecular flexibility index (Phi) is 13.1. The van der Waals surface area contributed by atoms with Crippen LogP contribution in [0, 0.1) is 0 Å². The third-order valence-corrected chi connectivity index (χ3v) is 7.58. The van der Waals surface area contributed by atoms with Crippen LogP contribution in [-0.4, -0.2) is 44.5 Å². The zero-order chi connectivity index (χ0) is 27.2. The Morgan fingerprint density at radius 3 is 2.45 bits per heavy atom. The highest BCUT2D eigenvalue weighted by molar-refractivity contribution is 5.85. The Hall–Kier alpha value is -2.44. The normalized spacial score (nSPS) is 18.8. The number of hydrogen-bond donors (Lipinski definition) is 0. The van der Waals surface area contributed by atoms with Gasteiger partial charge in [-0.25, -0.2) is 4.79 Å². The van der Waals surface area contributed by atoms with Gasteiger partial charge in [-0.15, -0.1) is 0 Å². The fourth-order valence-corrected chi connectivity index (χ4v) is 5.36. The lowest BCUT2D eigenvalue weighted by atomic mass is 10.0. The van der Waals surface area contributed by atoms with Crippen LogP contribution in [0.3, 0.4) is 0 Å². The first-order chi connectivity index (χ1) is 18.5. The zero-order valence-corrected chi connectivity index (χ0v) is 23.5. The number of hydrogen-bond acceptors (Lipinski definition) is 6. The van der Waals surface area contributed by atoms with E-state index in [4.69, 9.17) is 18.9 Å². The standard InChI is InChI=1S/C32H46O6/c1-4-5-6-7-8-9-17-28(29-22-21-27(37-29)16-12-13-18-30(33)35-2)38-32(34)31(36-3)26-20-19-24-14-10-11-15-25(24)23-26/h10-11,14-15,19-20,23,27-29,31H,4-9,12-13,16-18,21-22H2,1-3H3/t27-,28+,29+,31+/m0/s1. The molecule has 2 aromatic rings. The molecule has 1 saturated heterocycles. The Morgan fingerprint density at radius 2 is 1.68 bits per heavy atom. The van der Waals surface area contributed by atoms with E-state index in [1.807, 2.05) is 36.4 Å². The fraction of sp³-hybridized carbons (Fsp3) is 0.625. The van der Waals surface area contributed by atoms with Gasteiger partial charge in [0.25, 0.3) is 0 Å². The van der Waals surface area contributed by atoms with Crippen LogP contribution in [-0.2, 0) is 28.5 Å². The van der Waals surface area contributed by atoms with Crippen LogP contribution in [0.5, 0.6) is 0 Å². The number of unbranched alkanes of at least 4 members (excludes halogenated alkanes) is 6. The molecule has 3 rings (SSSR count). The smallest absolute Gasteiger partial charge is 0.340 e. The summed E-state index contributed by atoms with van der Waals surface area (Å²) in [6, 6.07) is 14.1. The van der Waals surface area contributed by atoms with E-state index in [1.54, 1.807) is 7.11 Å². The summed E-state index contributed by atoms with van der Waals surface area (Å²) in [5.41, 5.74) is 0.797. The molecule has 1 fully saturated rings. The lowest BCUT2D eigenvalue weighted by Crippen LogP contribution is -2.34. The van der Waals surface area contributed by atoms with Gasteiger partial charge in [-0.2, -0.15) is 0 Å². The Balaban J connectivity index is 1.60. The van der Waals surface area contributed by atoms with Crippen LogP contribution in [0.1, 0.15) is 102 Å². The first-order valence-electron chi connectivity index (χ1n) is 14.5. The third-order valence-electron chi connectivity index (χ3n) is 7.58. The topological polar surface area (TPSA) is 71.1 Å². The van der Waals surface area contributed by atoms with Crippen molar-refractivity contribution in [3.05, 3.63) is 48.0 Å². The van der Waals surface area contributed by atoms with Gasteiger partial charge in [-0.05, 0) is 60.9 Å². The first kappa shape index (κ1) is 30.1. The predicted molar refractivity (Wildman–Crippen MR) is 150 cm³/mol. The second-order valence-electron chi connectivity index (χ2n) is 10.4. The molecule has 0 spiro atoms. The summed E-state index contributed by atoms with van der Waals surface area (Å²) in [5, 5.41) is 2.19. The van der Waals surface area contributed by atoms with Gasteiger partial charge in [0.05, 0.1) is 19.3 Å². The molecule has 4 atom stereocenters. The Labute approximate surface area is 228 Å². The summed E-state index contributed by atoms with van der Waals surface area (Å²) in [6.45, 7) is 2.22. The van der Waals surface area contributed by atoms with Crippen molar-refractivity contribution >= 4 is 22.7 Å². The molecule has 6 heteroatoms. The Morgan fingerprint density at radius 1 is 0.921 bits per heavy atom. The van der Waals surface area contributed by atoms with Crippen molar-refractivity contribution in [2.24, 2.45) is 0 Å². The largest absolute Gasteiger partial charge is 0.469 e. The molecule has 38 heavy (non-hydrogen) atoms. The van der Waals surface area contributed by atoms with E-state index in [9.17, 15) is 9.59 Å². The quantitative estimate of drug-likeness (QED) is 0.157. The van der Waals surface area contributed by atoms with Gasteiger partial charge in [0.2, 0.25) is 0 Å². The van der Waals surface area contributed by atoms with Crippen LogP contribution in [0.25, 0.3) is 10.8 Å². The number of esters is 2. The van der Waals surface area contributed by atoms with Crippen LogP contribution in [0.2, 0.25) is 0 Å². The minimum Gasteiger partial charge on any atom is -0.469 e. The van der Waals surface area contributed by atoms with E-state index in [0.29, 0.717) is 6.42 Å². The molecule has 0 saturated carbocycles. The lowest BCUT2D eigenvalue weighted by molar-refractivity contribution is -0.169. The number of rotatable bonds is 17. The summed E-state index contributed by atoms with van der Waals surface area (Å²) < 4.78 is 22.9. The van der Waals surface area contributed by atoms with Gasteiger partial charge in [0.1, 0.15) is 6.10 Å². The maximum atomic E-state index is 13.4. The highest BCUT2D eigenvalue weighted by atomic mass is 16.6. The van der Waals surface area contributed by atoms with Crippen molar-refractivity contribution in [3.63, 3.8) is 0 Å². The highest BCUT2D eigenvalue weighted by Crippen LogP contribution is 2.31. The summed E-state index contributed by atoms with van der Waals surface area (Å²) in [5.74, 6) is -0.524. The van der Waals surface area contributed by atoms with Crippen molar-refractivity contribution in [2.45, 2.75) is 115 Å². The van der Waals surface area contributed by atoms with Crippen LogP contribution in [0.4, 0.5) is 0 Å². The molecular weight excluding hydrogens is 480 g/mol. The van der Waals surface area contributed by atoms with E-state index in [2.05, 4.69) is 13.0 Å². The molecule has 0 radical (unpaired) electrons. The minimum absolute atomic E-state index is 0.102. The molecule has 1 aliphatic rings. The predicted octanol–water partition coefficient (Wildman–Crippen LogP) is 7.47. The highest BCUT2D eigenvalue weighted by Gasteiger charge is 2.35. The average Bonchev–Trinajstić information content (AvgIpc) is 3.41. The molecule has 0 amide bonds. The maximum Gasteiger partial charge on any atom is 0.340 e. The number of ether oxygens (including phenoxy) is 4. The number of methoxy groups -OCH3 is 2. The van der Waals surface area contributed by atoms with Gasteiger partial charge < -0.3 is 18.9 Å². The maximum absolute atomic E-state index is 13.4. The number of fused-ring (bicyclic) bond motifs is 1. The van der Waals surface area contributed by atoms with E-state index >= 15 is 0 Å². The summed E-state index contributed by atoms with van der Waals surface area (Å²) in [4.78, 5) is 24.8. The molecule has 6 nitrogen and oxygen atoms in total. The van der Waals surface area contributed by atoms with Crippen molar-refractivity contribution in [2.75, 3.05) is 14.2 Å². The molecule has 0 unspecified atom stereocenters. The van der Waals surface area contributed by atoms with Gasteiger partial charge in [-0.3, -0.25) is 4.79 Å². The van der Waals surface area contributed by atoms with E-state index < -0.39 is 6.10 Å². The van der Waals surface area contributed by atoms with Crippen LogP contribution < -0.4 is 0 Å². The molecule has 2 aromatic carbocycles. The summed E-state index contributed by atoms with van der Waals surface area (Å²) >= 11 is 0. The Bertz CT molecular complexity index is 989. The number of benzene rings is 2. The minimum atomic E-state index is -0.776. The van der Waals surface area contributed by atoms with Gasteiger partial charge in [0.15, 0.2) is 6.10 Å². The first-order valence-corrected chi connectivity index (χ1v) is 14.5. The number of carbonyl (C=O) groups excluding carboxylic acids is 2. The van der Waals surface area contributed by atoms with Crippen LogP contribution >= 0.6 is 0 Å². The molecule has 1 heterocycles. The molecule has 210 valence electrons. The zero-order valence-electron chi connectivity index (χ0n) is 23.5. The number of carbonyl (C=O) groups is 2. The van der Waals surface area contributed by atoms with Crippen molar-refractivity contribution < 1.29 is 28.5 Å². The second-order valence-corrected chi connectivity index (χ2v) is 10.4.